The number of aryl methyl sites for hydroxylation is 2. The van der Waals surface area contributed by atoms with Gasteiger partial charge in [0, 0.05) is 16.9 Å². The van der Waals surface area contributed by atoms with Crippen LogP contribution in [-0.4, -0.2) is 9.97 Å². The molecular formula is C13H14ClN3. The monoisotopic (exact) mass is 247 g/mol. The number of halogens is 1. The van der Waals surface area contributed by atoms with Gasteiger partial charge in [-0.05, 0) is 37.6 Å². The average Bonchev–Trinajstić information content (AvgIpc) is 2.30. The van der Waals surface area contributed by atoms with Crippen molar-refractivity contribution < 1.29 is 0 Å². The van der Waals surface area contributed by atoms with Crippen LogP contribution >= 0.6 is 11.6 Å². The molecule has 0 radical (unpaired) electrons. The second-order valence-electron chi connectivity index (χ2n) is 3.91. The number of nitrogens with zero attached hydrogens (tertiary/aromatic N) is 2. The Kier molecular flexibility index (Phi) is 3.59. The fraction of sp³-hybridized carbons (Fsp3) is 0.231. The molecule has 0 aliphatic rings. The summed E-state index contributed by atoms with van der Waals surface area (Å²) in [6.45, 7) is 4.60. The van der Waals surface area contributed by atoms with Crippen LogP contribution in [0.15, 0.2) is 30.5 Å². The second-order valence-corrected chi connectivity index (χ2v) is 4.34. The van der Waals surface area contributed by atoms with Crippen LogP contribution in [0.2, 0.25) is 5.02 Å². The third-order valence-corrected chi connectivity index (χ3v) is 2.73. The van der Waals surface area contributed by atoms with E-state index in [0.29, 0.717) is 6.54 Å². The summed E-state index contributed by atoms with van der Waals surface area (Å²) in [5.74, 6) is 0.784. The van der Waals surface area contributed by atoms with Crippen molar-refractivity contribution in [3.63, 3.8) is 0 Å². The number of nitrogens with one attached hydrogen (secondary N) is 1. The van der Waals surface area contributed by atoms with Gasteiger partial charge in [0.05, 0.1) is 12.2 Å². The fourth-order valence-corrected chi connectivity index (χ4v) is 1.75. The molecule has 1 N–H and O–H groups in total. The maximum atomic E-state index is 5.96. The summed E-state index contributed by atoms with van der Waals surface area (Å²) >= 11 is 5.96. The minimum Gasteiger partial charge on any atom is -0.379 e. The predicted molar refractivity (Wildman–Crippen MR) is 70.3 cm³/mol. The number of benzene rings is 1. The first-order valence-electron chi connectivity index (χ1n) is 5.44. The molecule has 2 rings (SSSR count). The van der Waals surface area contributed by atoms with E-state index in [9.17, 15) is 0 Å². The lowest BCUT2D eigenvalue weighted by molar-refractivity contribution is 0.954. The smallest absolute Gasteiger partial charge is 0.125 e. The van der Waals surface area contributed by atoms with Crippen LogP contribution in [-0.2, 0) is 6.54 Å². The summed E-state index contributed by atoms with van der Waals surface area (Å²) in [5, 5.41) is 4.06. The summed E-state index contributed by atoms with van der Waals surface area (Å²) in [6, 6.07) is 7.71. The Morgan fingerprint density at radius 2 is 2.06 bits per heavy atom. The Morgan fingerprint density at radius 1 is 1.24 bits per heavy atom. The normalized spacial score (nSPS) is 10.3. The lowest BCUT2D eigenvalue weighted by Gasteiger charge is -2.09. The standard InChI is InChI=1S/C13H14ClN3/c1-9-3-4-11(14)7-13(9)16-8-12-5-6-15-10(2)17-12/h3-7,16H,8H2,1-2H3. The maximum Gasteiger partial charge on any atom is 0.125 e. The van der Waals surface area contributed by atoms with E-state index in [1.165, 1.54) is 5.56 Å². The Bertz CT molecular complexity index is 526. The lowest BCUT2D eigenvalue weighted by Crippen LogP contribution is -2.04. The van der Waals surface area contributed by atoms with E-state index in [1.807, 2.05) is 38.1 Å². The maximum absolute atomic E-state index is 5.96. The molecule has 1 heterocycles. The van der Waals surface area contributed by atoms with Crippen molar-refractivity contribution in [2.45, 2.75) is 20.4 Å². The van der Waals surface area contributed by atoms with Crippen molar-refractivity contribution in [2.24, 2.45) is 0 Å². The highest BCUT2D eigenvalue weighted by atomic mass is 35.5. The predicted octanol–water partition coefficient (Wildman–Crippen LogP) is 3.36. The van der Waals surface area contributed by atoms with E-state index in [0.717, 1.165) is 22.2 Å². The number of anilines is 1. The molecule has 3 nitrogen and oxygen atoms in total. The summed E-state index contributed by atoms with van der Waals surface area (Å²) in [7, 11) is 0. The largest absolute Gasteiger partial charge is 0.379 e. The molecular weight excluding hydrogens is 234 g/mol. The van der Waals surface area contributed by atoms with Gasteiger partial charge in [0.1, 0.15) is 5.82 Å². The molecule has 0 atom stereocenters. The summed E-state index contributed by atoms with van der Waals surface area (Å²) in [6.07, 6.45) is 1.77. The lowest BCUT2D eigenvalue weighted by atomic mass is 10.2. The molecule has 4 heteroatoms. The molecule has 2 aromatic rings. The SMILES string of the molecule is Cc1nccc(CNc2cc(Cl)ccc2C)n1. The van der Waals surface area contributed by atoms with Crippen LogP contribution in [0.1, 0.15) is 17.1 Å². The summed E-state index contributed by atoms with van der Waals surface area (Å²) in [4.78, 5) is 8.40. The van der Waals surface area contributed by atoms with E-state index in [4.69, 9.17) is 11.6 Å². The van der Waals surface area contributed by atoms with Gasteiger partial charge in [-0.1, -0.05) is 17.7 Å². The van der Waals surface area contributed by atoms with Gasteiger partial charge < -0.3 is 5.32 Å². The highest BCUT2D eigenvalue weighted by Crippen LogP contribution is 2.20. The van der Waals surface area contributed by atoms with Crippen molar-refractivity contribution in [1.29, 1.82) is 0 Å². The van der Waals surface area contributed by atoms with Gasteiger partial charge in [0.15, 0.2) is 0 Å². The van der Waals surface area contributed by atoms with Gasteiger partial charge in [-0.3, -0.25) is 0 Å². The van der Waals surface area contributed by atoms with Gasteiger partial charge >= 0.3 is 0 Å². The highest BCUT2D eigenvalue weighted by Gasteiger charge is 2.00. The summed E-state index contributed by atoms with van der Waals surface area (Å²) in [5.41, 5.74) is 3.17. The molecule has 0 saturated carbocycles. The van der Waals surface area contributed by atoms with Gasteiger partial charge in [0.2, 0.25) is 0 Å². The van der Waals surface area contributed by atoms with Gasteiger partial charge in [-0.25, -0.2) is 9.97 Å². The van der Waals surface area contributed by atoms with Crippen molar-refractivity contribution in [2.75, 3.05) is 5.32 Å². The van der Waals surface area contributed by atoms with Crippen LogP contribution < -0.4 is 5.32 Å². The van der Waals surface area contributed by atoms with Crippen molar-refractivity contribution >= 4 is 17.3 Å². The number of hydrogen-bond acceptors (Lipinski definition) is 3. The molecule has 0 saturated heterocycles. The van der Waals surface area contributed by atoms with Crippen LogP contribution in [0.25, 0.3) is 0 Å². The third-order valence-electron chi connectivity index (χ3n) is 2.49. The molecule has 17 heavy (non-hydrogen) atoms. The fourth-order valence-electron chi connectivity index (χ4n) is 1.57. The molecule has 0 unspecified atom stereocenters. The van der Waals surface area contributed by atoms with Crippen LogP contribution in [0, 0.1) is 13.8 Å². The molecule has 0 aliphatic carbocycles. The topological polar surface area (TPSA) is 37.8 Å². The van der Waals surface area contributed by atoms with E-state index in [-0.39, 0.29) is 0 Å². The van der Waals surface area contributed by atoms with Gasteiger partial charge in [-0.2, -0.15) is 0 Å². The number of hydrogen-bond donors (Lipinski definition) is 1. The molecule has 1 aromatic carbocycles. The van der Waals surface area contributed by atoms with Crippen molar-refractivity contribution in [3.8, 4) is 0 Å². The van der Waals surface area contributed by atoms with Gasteiger partial charge in [-0.15, -0.1) is 0 Å². The first-order chi connectivity index (χ1) is 8.15. The minimum atomic E-state index is 0.671. The Labute approximate surface area is 106 Å². The molecule has 0 spiro atoms. The molecule has 0 bridgehead atoms. The number of rotatable bonds is 3. The van der Waals surface area contributed by atoms with E-state index in [2.05, 4.69) is 15.3 Å². The van der Waals surface area contributed by atoms with Crippen molar-refractivity contribution in [3.05, 3.63) is 52.6 Å². The van der Waals surface area contributed by atoms with Crippen molar-refractivity contribution in [1.82, 2.24) is 9.97 Å². The number of aromatic nitrogens is 2. The third kappa shape index (κ3) is 3.17. The van der Waals surface area contributed by atoms with E-state index >= 15 is 0 Å². The van der Waals surface area contributed by atoms with Gasteiger partial charge in [0.25, 0.3) is 0 Å². The first-order valence-corrected chi connectivity index (χ1v) is 5.81. The molecule has 0 amide bonds. The van der Waals surface area contributed by atoms with E-state index < -0.39 is 0 Å². The summed E-state index contributed by atoms with van der Waals surface area (Å²) < 4.78 is 0. The average molecular weight is 248 g/mol. The molecule has 88 valence electrons. The van der Waals surface area contributed by atoms with E-state index in [1.54, 1.807) is 6.20 Å². The Hall–Kier alpha value is -1.61. The van der Waals surface area contributed by atoms with Crippen LogP contribution in [0.5, 0.6) is 0 Å². The zero-order chi connectivity index (χ0) is 12.3. The highest BCUT2D eigenvalue weighted by molar-refractivity contribution is 6.30. The Morgan fingerprint density at radius 3 is 2.82 bits per heavy atom. The molecule has 1 aromatic heterocycles. The second kappa shape index (κ2) is 5.15. The zero-order valence-corrected chi connectivity index (χ0v) is 10.6. The Balaban J connectivity index is 2.09. The first kappa shape index (κ1) is 11.9. The zero-order valence-electron chi connectivity index (χ0n) is 9.87. The van der Waals surface area contributed by atoms with Crippen LogP contribution in [0.3, 0.4) is 0 Å². The molecule has 0 aliphatic heterocycles. The van der Waals surface area contributed by atoms with Crippen LogP contribution in [0.4, 0.5) is 5.69 Å². The molecule has 0 fully saturated rings. The quantitative estimate of drug-likeness (QED) is 0.904. The minimum absolute atomic E-state index is 0.671.